The van der Waals surface area contributed by atoms with E-state index in [9.17, 15) is 4.79 Å². The molecule has 0 spiro atoms. The molecule has 1 aliphatic heterocycles. The van der Waals surface area contributed by atoms with E-state index in [0.29, 0.717) is 19.3 Å². The SMILES string of the molecule is CCCOC(C)(C)C(=O)Nc1ccc(OCCN2CCCC[C@@H]2C)cc1. The van der Waals surface area contributed by atoms with Gasteiger partial charge in [0, 0.05) is 24.9 Å². The van der Waals surface area contributed by atoms with Crippen LogP contribution < -0.4 is 10.1 Å². The van der Waals surface area contributed by atoms with Gasteiger partial charge in [0.2, 0.25) is 0 Å². The number of ether oxygens (including phenoxy) is 2. The smallest absolute Gasteiger partial charge is 0.256 e. The monoisotopic (exact) mass is 362 g/mol. The summed E-state index contributed by atoms with van der Waals surface area (Å²) >= 11 is 0. The molecule has 1 atom stereocenters. The Balaban J connectivity index is 1.77. The van der Waals surface area contributed by atoms with Gasteiger partial charge in [-0.15, -0.1) is 0 Å². The predicted molar refractivity (Wildman–Crippen MR) is 106 cm³/mol. The predicted octanol–water partition coefficient (Wildman–Crippen LogP) is 4.08. The number of likely N-dealkylation sites (tertiary alicyclic amines) is 1. The molecule has 1 amide bonds. The Labute approximate surface area is 158 Å². The van der Waals surface area contributed by atoms with Gasteiger partial charge in [-0.3, -0.25) is 9.69 Å². The van der Waals surface area contributed by atoms with Crippen LogP contribution in [-0.4, -0.2) is 48.8 Å². The molecule has 0 saturated carbocycles. The van der Waals surface area contributed by atoms with E-state index in [1.165, 1.54) is 25.8 Å². The summed E-state index contributed by atoms with van der Waals surface area (Å²) in [6.07, 6.45) is 4.80. The van der Waals surface area contributed by atoms with E-state index in [-0.39, 0.29) is 5.91 Å². The van der Waals surface area contributed by atoms with Crippen molar-refractivity contribution in [3.63, 3.8) is 0 Å². The molecule has 0 aliphatic carbocycles. The van der Waals surface area contributed by atoms with E-state index in [0.717, 1.165) is 24.4 Å². The molecule has 0 aromatic heterocycles. The lowest BCUT2D eigenvalue weighted by atomic mass is 10.0. The first-order valence-corrected chi connectivity index (χ1v) is 9.84. The zero-order valence-electron chi connectivity index (χ0n) is 16.7. The summed E-state index contributed by atoms with van der Waals surface area (Å²) in [6.45, 7) is 11.3. The van der Waals surface area contributed by atoms with E-state index in [1.54, 1.807) is 13.8 Å². The maximum Gasteiger partial charge on any atom is 0.256 e. The van der Waals surface area contributed by atoms with Gasteiger partial charge in [-0.25, -0.2) is 0 Å². The first-order valence-electron chi connectivity index (χ1n) is 9.84. The standard InChI is InChI=1S/C21H34N2O3/c1-5-15-26-21(3,4)20(24)22-18-9-11-19(12-10-18)25-16-14-23-13-7-6-8-17(23)2/h9-12,17H,5-8,13-16H2,1-4H3,(H,22,24)/t17-/m0/s1. The second-order valence-electron chi connectivity index (χ2n) is 7.57. The molecule has 26 heavy (non-hydrogen) atoms. The molecule has 2 rings (SSSR count). The number of anilines is 1. The normalized spacial score (nSPS) is 18.5. The number of benzene rings is 1. The third-order valence-corrected chi connectivity index (χ3v) is 4.91. The minimum atomic E-state index is -0.837. The zero-order chi connectivity index (χ0) is 19.0. The van der Waals surface area contributed by atoms with Crippen molar-refractivity contribution >= 4 is 11.6 Å². The molecular formula is C21H34N2O3. The number of amides is 1. The van der Waals surface area contributed by atoms with Crippen molar-refractivity contribution in [2.24, 2.45) is 0 Å². The maximum atomic E-state index is 12.3. The van der Waals surface area contributed by atoms with Crippen molar-refractivity contribution < 1.29 is 14.3 Å². The fraction of sp³-hybridized carbons (Fsp3) is 0.667. The van der Waals surface area contributed by atoms with E-state index < -0.39 is 5.60 Å². The molecule has 1 N–H and O–H groups in total. The van der Waals surface area contributed by atoms with Gasteiger partial charge in [-0.05, 0) is 70.8 Å². The molecule has 1 fully saturated rings. The van der Waals surface area contributed by atoms with Crippen molar-refractivity contribution in [1.82, 2.24) is 4.90 Å². The number of rotatable bonds is 9. The van der Waals surface area contributed by atoms with E-state index >= 15 is 0 Å². The minimum absolute atomic E-state index is 0.140. The summed E-state index contributed by atoms with van der Waals surface area (Å²) in [5.41, 5.74) is -0.0868. The van der Waals surface area contributed by atoms with Gasteiger partial charge in [0.25, 0.3) is 5.91 Å². The average molecular weight is 363 g/mol. The molecule has 1 aromatic rings. The van der Waals surface area contributed by atoms with Crippen LogP contribution in [0.5, 0.6) is 5.75 Å². The van der Waals surface area contributed by atoms with Gasteiger partial charge in [0.1, 0.15) is 18.0 Å². The molecule has 1 heterocycles. The van der Waals surface area contributed by atoms with Crippen LogP contribution in [0.15, 0.2) is 24.3 Å². The molecule has 1 aromatic carbocycles. The number of nitrogens with one attached hydrogen (secondary N) is 1. The number of nitrogens with zero attached hydrogens (tertiary/aromatic N) is 1. The molecule has 1 saturated heterocycles. The molecule has 0 bridgehead atoms. The highest BCUT2D eigenvalue weighted by molar-refractivity contribution is 5.96. The quantitative estimate of drug-likeness (QED) is 0.719. The van der Waals surface area contributed by atoms with Crippen LogP contribution in [0.1, 0.15) is 53.4 Å². The second-order valence-corrected chi connectivity index (χ2v) is 7.57. The Bertz CT molecular complexity index is 557. The van der Waals surface area contributed by atoms with Crippen LogP contribution in [-0.2, 0) is 9.53 Å². The topological polar surface area (TPSA) is 50.8 Å². The first kappa shape index (κ1) is 20.7. The van der Waals surface area contributed by atoms with Crippen molar-refractivity contribution in [2.45, 2.75) is 65.0 Å². The van der Waals surface area contributed by atoms with Gasteiger partial charge in [0.15, 0.2) is 0 Å². The van der Waals surface area contributed by atoms with Crippen molar-refractivity contribution in [3.8, 4) is 5.75 Å². The highest BCUT2D eigenvalue weighted by atomic mass is 16.5. The molecule has 1 aliphatic rings. The number of carbonyl (C=O) groups excluding carboxylic acids is 1. The lowest BCUT2D eigenvalue weighted by Crippen LogP contribution is -2.40. The van der Waals surface area contributed by atoms with Gasteiger partial charge in [-0.2, -0.15) is 0 Å². The third-order valence-electron chi connectivity index (χ3n) is 4.91. The number of carbonyl (C=O) groups is 1. The summed E-state index contributed by atoms with van der Waals surface area (Å²) in [4.78, 5) is 14.8. The molecule has 5 heteroatoms. The molecule has 0 radical (unpaired) electrons. The van der Waals surface area contributed by atoms with E-state index in [2.05, 4.69) is 17.1 Å². The molecule has 5 nitrogen and oxygen atoms in total. The van der Waals surface area contributed by atoms with Crippen LogP contribution in [0.4, 0.5) is 5.69 Å². The Hall–Kier alpha value is -1.59. The second kappa shape index (κ2) is 9.93. The number of hydrogen-bond donors (Lipinski definition) is 1. The van der Waals surface area contributed by atoms with Crippen LogP contribution >= 0.6 is 0 Å². The van der Waals surface area contributed by atoms with E-state index in [4.69, 9.17) is 9.47 Å². The average Bonchev–Trinajstić information content (AvgIpc) is 2.63. The third kappa shape index (κ3) is 6.29. The van der Waals surface area contributed by atoms with Crippen LogP contribution in [0.2, 0.25) is 0 Å². The minimum Gasteiger partial charge on any atom is -0.492 e. The Morgan fingerprint density at radius 1 is 1.23 bits per heavy atom. The van der Waals surface area contributed by atoms with Crippen molar-refractivity contribution in [3.05, 3.63) is 24.3 Å². The lowest BCUT2D eigenvalue weighted by molar-refractivity contribution is -0.137. The van der Waals surface area contributed by atoms with Gasteiger partial charge in [0.05, 0.1) is 0 Å². The van der Waals surface area contributed by atoms with E-state index in [1.807, 2.05) is 31.2 Å². The summed E-state index contributed by atoms with van der Waals surface area (Å²) in [6, 6.07) is 8.19. The summed E-state index contributed by atoms with van der Waals surface area (Å²) in [7, 11) is 0. The van der Waals surface area contributed by atoms with Gasteiger partial charge < -0.3 is 14.8 Å². The lowest BCUT2D eigenvalue weighted by Gasteiger charge is -2.33. The summed E-state index contributed by atoms with van der Waals surface area (Å²) in [5.74, 6) is 0.688. The number of hydrogen-bond acceptors (Lipinski definition) is 4. The van der Waals surface area contributed by atoms with Gasteiger partial charge in [-0.1, -0.05) is 13.3 Å². The summed E-state index contributed by atoms with van der Waals surface area (Å²) in [5, 5.41) is 2.90. The van der Waals surface area contributed by atoms with Crippen molar-refractivity contribution in [1.29, 1.82) is 0 Å². The zero-order valence-corrected chi connectivity index (χ0v) is 16.7. The summed E-state index contributed by atoms with van der Waals surface area (Å²) < 4.78 is 11.5. The Kier molecular flexibility index (Phi) is 7.91. The Morgan fingerprint density at radius 2 is 1.96 bits per heavy atom. The Morgan fingerprint density at radius 3 is 2.62 bits per heavy atom. The maximum absolute atomic E-state index is 12.3. The largest absolute Gasteiger partial charge is 0.492 e. The number of piperidine rings is 1. The molecule has 146 valence electrons. The molecular weight excluding hydrogens is 328 g/mol. The van der Waals surface area contributed by atoms with Gasteiger partial charge >= 0.3 is 0 Å². The van der Waals surface area contributed by atoms with Crippen LogP contribution in [0.25, 0.3) is 0 Å². The van der Waals surface area contributed by atoms with Crippen LogP contribution in [0.3, 0.4) is 0 Å². The molecule has 0 unspecified atom stereocenters. The highest BCUT2D eigenvalue weighted by Crippen LogP contribution is 2.19. The highest BCUT2D eigenvalue weighted by Gasteiger charge is 2.28. The van der Waals surface area contributed by atoms with Crippen LogP contribution in [0, 0.1) is 0 Å². The van der Waals surface area contributed by atoms with Crippen molar-refractivity contribution in [2.75, 3.05) is 31.6 Å². The fourth-order valence-corrected chi connectivity index (χ4v) is 3.11. The fourth-order valence-electron chi connectivity index (χ4n) is 3.11. The first-order chi connectivity index (χ1) is 12.4.